The van der Waals surface area contributed by atoms with E-state index in [-0.39, 0.29) is 0 Å². The van der Waals surface area contributed by atoms with Crippen molar-refractivity contribution >= 4 is 11.1 Å². The summed E-state index contributed by atoms with van der Waals surface area (Å²) >= 11 is 0. The second-order valence-electron chi connectivity index (χ2n) is 3.47. The van der Waals surface area contributed by atoms with E-state index in [1.54, 1.807) is 0 Å². The highest BCUT2D eigenvalue weighted by molar-refractivity contribution is 5.85. The predicted molar refractivity (Wildman–Crippen MR) is 53.0 cm³/mol. The minimum absolute atomic E-state index is 1.14. The van der Waals surface area contributed by atoms with Crippen LogP contribution in [-0.2, 0) is 0 Å². The Morgan fingerprint density at radius 2 is 1.38 bits per heavy atom. The molecule has 4 rings (SSSR count). The second-order valence-corrected chi connectivity index (χ2v) is 3.47. The lowest BCUT2D eigenvalue weighted by atomic mass is 9.85. The number of furan rings is 1. The largest absolute Gasteiger partial charge is 0.471 e. The summed E-state index contributed by atoms with van der Waals surface area (Å²) in [5.74, 6) is 0. The fourth-order valence-electron chi connectivity index (χ4n) is 2.02. The maximum atomic E-state index is 5.25. The van der Waals surface area contributed by atoms with Gasteiger partial charge in [0.05, 0.1) is 12.5 Å². The lowest BCUT2D eigenvalue weighted by Crippen LogP contribution is -1.98. The Hall–Kier alpha value is -1.50. The fourth-order valence-corrected chi connectivity index (χ4v) is 2.02. The highest BCUT2D eigenvalue weighted by atomic mass is 16.3. The van der Waals surface area contributed by atoms with Crippen molar-refractivity contribution in [3.8, 4) is 0 Å². The van der Waals surface area contributed by atoms with Crippen LogP contribution in [0, 0.1) is 0 Å². The molecule has 0 spiro atoms. The first kappa shape index (κ1) is 6.96. The maximum absolute atomic E-state index is 5.25. The minimum Gasteiger partial charge on any atom is -0.471 e. The van der Waals surface area contributed by atoms with Crippen LogP contribution in [0.15, 0.2) is 41.2 Å². The van der Waals surface area contributed by atoms with E-state index < -0.39 is 0 Å². The summed E-state index contributed by atoms with van der Waals surface area (Å²) in [5.41, 5.74) is 5.36. The summed E-state index contributed by atoms with van der Waals surface area (Å²) in [6.45, 7) is 0. The molecule has 3 aliphatic carbocycles. The molecule has 0 atom stereocenters. The summed E-state index contributed by atoms with van der Waals surface area (Å²) in [6.07, 6.45) is 14.6. The van der Waals surface area contributed by atoms with Gasteiger partial charge in [-0.05, 0) is 24.0 Å². The van der Waals surface area contributed by atoms with E-state index in [9.17, 15) is 0 Å². The molecule has 0 aliphatic heterocycles. The van der Waals surface area contributed by atoms with Gasteiger partial charge in [-0.1, -0.05) is 24.3 Å². The monoisotopic (exact) mass is 170 g/mol. The van der Waals surface area contributed by atoms with Crippen molar-refractivity contribution in [2.45, 2.75) is 12.8 Å². The van der Waals surface area contributed by atoms with E-state index in [1.807, 2.05) is 12.5 Å². The molecule has 1 heterocycles. The first-order valence-corrected chi connectivity index (χ1v) is 4.58. The zero-order chi connectivity index (χ0) is 8.67. The van der Waals surface area contributed by atoms with Gasteiger partial charge in [0.25, 0.3) is 0 Å². The topological polar surface area (TPSA) is 13.1 Å². The molecule has 0 amide bonds. The standard InChI is InChI=1S/C12H10O/c1-2-4-10-6-5-9(3-1)11-7-13-8-12(10)11/h1-4,7-8H,5-6H2. The van der Waals surface area contributed by atoms with Crippen molar-refractivity contribution in [1.29, 1.82) is 0 Å². The van der Waals surface area contributed by atoms with Crippen molar-refractivity contribution in [3.05, 3.63) is 48.0 Å². The van der Waals surface area contributed by atoms with Crippen LogP contribution < -0.4 is 0 Å². The minimum atomic E-state index is 1.14. The average molecular weight is 170 g/mol. The predicted octanol–water partition coefficient (Wildman–Crippen LogP) is 3.41. The Balaban J connectivity index is 2.33. The van der Waals surface area contributed by atoms with Crippen molar-refractivity contribution in [1.82, 2.24) is 0 Å². The van der Waals surface area contributed by atoms with Crippen molar-refractivity contribution in [2.75, 3.05) is 0 Å². The molecule has 0 N–H and O–H groups in total. The average Bonchev–Trinajstić information content (AvgIpc) is 2.52. The van der Waals surface area contributed by atoms with E-state index >= 15 is 0 Å². The zero-order valence-corrected chi connectivity index (χ0v) is 7.29. The van der Waals surface area contributed by atoms with Gasteiger partial charge in [0.1, 0.15) is 0 Å². The molecule has 0 aromatic carbocycles. The summed E-state index contributed by atoms with van der Waals surface area (Å²) in [7, 11) is 0. The van der Waals surface area contributed by atoms with E-state index in [0.717, 1.165) is 12.8 Å². The Morgan fingerprint density at radius 3 is 1.92 bits per heavy atom. The van der Waals surface area contributed by atoms with E-state index in [4.69, 9.17) is 4.42 Å². The maximum Gasteiger partial charge on any atom is 0.0984 e. The number of allylic oxidation sites excluding steroid dienone is 6. The Morgan fingerprint density at radius 1 is 0.846 bits per heavy atom. The van der Waals surface area contributed by atoms with E-state index in [1.165, 1.54) is 22.3 Å². The molecule has 1 heteroatoms. The summed E-state index contributed by atoms with van der Waals surface area (Å²) in [6, 6.07) is 0. The van der Waals surface area contributed by atoms with Gasteiger partial charge in [-0.15, -0.1) is 0 Å². The van der Waals surface area contributed by atoms with Crippen LogP contribution in [0.3, 0.4) is 0 Å². The number of hydrogen-bond acceptors (Lipinski definition) is 1. The highest BCUT2D eigenvalue weighted by Gasteiger charge is 2.19. The Labute approximate surface area is 77.1 Å². The number of hydrogen-bond donors (Lipinski definition) is 0. The molecule has 1 nitrogen and oxygen atoms in total. The van der Waals surface area contributed by atoms with Gasteiger partial charge in [0.15, 0.2) is 0 Å². The lowest BCUT2D eigenvalue weighted by Gasteiger charge is -2.17. The second kappa shape index (κ2) is 2.49. The molecule has 64 valence electrons. The quantitative estimate of drug-likeness (QED) is 0.581. The Bertz CT molecular complexity index is 391. The molecule has 0 unspecified atom stereocenters. The van der Waals surface area contributed by atoms with Gasteiger partial charge in [0, 0.05) is 11.1 Å². The van der Waals surface area contributed by atoms with Crippen LogP contribution in [0.5, 0.6) is 0 Å². The molecule has 13 heavy (non-hydrogen) atoms. The van der Waals surface area contributed by atoms with Crippen molar-refractivity contribution < 1.29 is 4.42 Å². The SMILES string of the molecule is C1=CC=C2CCC(=C1)c1cocc12. The molecule has 2 bridgehead atoms. The lowest BCUT2D eigenvalue weighted by molar-refractivity contribution is 0.566. The first-order chi connectivity index (χ1) is 6.45. The van der Waals surface area contributed by atoms with E-state index in [0.29, 0.717) is 0 Å². The molecule has 1 aromatic rings. The van der Waals surface area contributed by atoms with Crippen LogP contribution in [0.4, 0.5) is 0 Å². The van der Waals surface area contributed by atoms with Gasteiger partial charge in [-0.3, -0.25) is 0 Å². The van der Waals surface area contributed by atoms with Gasteiger partial charge in [-0.25, -0.2) is 0 Å². The molecular weight excluding hydrogens is 160 g/mol. The van der Waals surface area contributed by atoms with Crippen molar-refractivity contribution in [3.63, 3.8) is 0 Å². The molecule has 1 aromatic heterocycles. The zero-order valence-electron chi connectivity index (χ0n) is 7.29. The van der Waals surface area contributed by atoms with Gasteiger partial charge >= 0.3 is 0 Å². The van der Waals surface area contributed by atoms with Crippen LogP contribution in [0.25, 0.3) is 11.1 Å². The van der Waals surface area contributed by atoms with Gasteiger partial charge in [0.2, 0.25) is 0 Å². The van der Waals surface area contributed by atoms with Crippen LogP contribution in [0.1, 0.15) is 24.0 Å². The first-order valence-electron chi connectivity index (χ1n) is 4.58. The fraction of sp³-hybridized carbons (Fsp3) is 0.167. The Kier molecular flexibility index (Phi) is 1.33. The highest BCUT2D eigenvalue weighted by Crippen LogP contribution is 2.39. The normalized spacial score (nSPS) is 18.8. The molecule has 0 saturated heterocycles. The molecule has 0 saturated carbocycles. The van der Waals surface area contributed by atoms with Gasteiger partial charge < -0.3 is 4.42 Å². The van der Waals surface area contributed by atoms with Crippen LogP contribution >= 0.6 is 0 Å². The molecular formula is C12H10O. The molecule has 0 radical (unpaired) electrons. The van der Waals surface area contributed by atoms with Crippen LogP contribution in [0.2, 0.25) is 0 Å². The molecule has 0 fully saturated rings. The van der Waals surface area contributed by atoms with Crippen molar-refractivity contribution in [2.24, 2.45) is 0 Å². The summed E-state index contributed by atoms with van der Waals surface area (Å²) < 4.78 is 5.25. The molecule has 3 aliphatic rings. The third-order valence-electron chi connectivity index (χ3n) is 2.72. The summed E-state index contributed by atoms with van der Waals surface area (Å²) in [4.78, 5) is 0. The van der Waals surface area contributed by atoms with Gasteiger partial charge in [-0.2, -0.15) is 0 Å². The number of fused-ring (bicyclic) bond motifs is 3. The third-order valence-corrected chi connectivity index (χ3v) is 2.72. The van der Waals surface area contributed by atoms with E-state index in [2.05, 4.69) is 24.3 Å². The third kappa shape index (κ3) is 0.934. The summed E-state index contributed by atoms with van der Waals surface area (Å²) in [5, 5.41) is 0. The van der Waals surface area contributed by atoms with Crippen LogP contribution in [-0.4, -0.2) is 0 Å². The number of rotatable bonds is 0. The smallest absolute Gasteiger partial charge is 0.0984 e.